The van der Waals surface area contributed by atoms with Gasteiger partial charge < -0.3 is 0 Å². The van der Waals surface area contributed by atoms with Gasteiger partial charge in [-0.15, -0.1) is 0 Å². The van der Waals surface area contributed by atoms with Crippen LogP contribution in [0.25, 0.3) is 60.5 Å². The second-order valence-electron chi connectivity index (χ2n) is 9.44. The SMILES string of the molecule is N#CC1=CCC=C(c2c3c(c(-c4ccc(C#N)cc4)c4ccccc24)-c2cccc4cccc-3c24)C=C1. The Bertz CT molecular complexity index is 1950. The molecule has 0 aromatic heterocycles. The molecule has 0 unspecified atom stereocenters. The van der Waals surface area contributed by atoms with Crippen LogP contribution in [-0.2, 0) is 0 Å². The summed E-state index contributed by atoms with van der Waals surface area (Å²) in [5.74, 6) is 0. The van der Waals surface area contributed by atoms with Gasteiger partial charge in [0, 0.05) is 5.57 Å². The van der Waals surface area contributed by atoms with E-state index in [1.165, 1.54) is 54.9 Å². The minimum atomic E-state index is 0.654. The molecule has 0 saturated heterocycles. The summed E-state index contributed by atoms with van der Waals surface area (Å²) in [5, 5.41) is 23.8. The summed E-state index contributed by atoms with van der Waals surface area (Å²) in [4.78, 5) is 0. The van der Waals surface area contributed by atoms with Crippen molar-refractivity contribution >= 4 is 27.1 Å². The van der Waals surface area contributed by atoms with E-state index in [0.717, 1.165) is 11.1 Å². The van der Waals surface area contributed by atoms with E-state index in [0.29, 0.717) is 17.6 Å². The topological polar surface area (TPSA) is 47.6 Å². The van der Waals surface area contributed by atoms with Gasteiger partial charge >= 0.3 is 0 Å². The summed E-state index contributed by atoms with van der Waals surface area (Å²) < 4.78 is 0. The molecule has 0 radical (unpaired) electrons. The first-order chi connectivity index (χ1) is 18.3. The van der Waals surface area contributed by atoms with Gasteiger partial charge in [0.2, 0.25) is 0 Å². The molecule has 5 aromatic rings. The zero-order valence-corrected chi connectivity index (χ0v) is 20.0. The highest BCUT2D eigenvalue weighted by atomic mass is 14.3. The summed E-state index contributed by atoms with van der Waals surface area (Å²) in [6.45, 7) is 0. The average Bonchev–Trinajstić information content (AvgIpc) is 3.11. The number of fused-ring (bicyclic) bond motifs is 4. The van der Waals surface area contributed by atoms with Crippen LogP contribution in [0.3, 0.4) is 0 Å². The van der Waals surface area contributed by atoms with Gasteiger partial charge in [-0.3, -0.25) is 0 Å². The number of hydrogen-bond donors (Lipinski definition) is 0. The first kappa shape index (κ1) is 21.1. The molecule has 170 valence electrons. The van der Waals surface area contributed by atoms with Crippen LogP contribution in [0.4, 0.5) is 0 Å². The highest BCUT2D eigenvalue weighted by Crippen LogP contribution is 2.56. The quantitative estimate of drug-likeness (QED) is 0.255. The fourth-order valence-corrected chi connectivity index (χ4v) is 5.94. The molecule has 2 aliphatic carbocycles. The minimum Gasteiger partial charge on any atom is -0.192 e. The number of nitriles is 2. The molecular formula is C35H20N2. The van der Waals surface area contributed by atoms with E-state index in [2.05, 4.69) is 97.1 Å². The number of nitrogens with zero attached hydrogens (tertiary/aromatic N) is 2. The zero-order valence-electron chi connectivity index (χ0n) is 20.0. The lowest BCUT2D eigenvalue weighted by Gasteiger charge is -2.21. The molecular weight excluding hydrogens is 448 g/mol. The predicted molar refractivity (Wildman–Crippen MR) is 151 cm³/mol. The van der Waals surface area contributed by atoms with Gasteiger partial charge in [0.1, 0.15) is 0 Å². The molecule has 37 heavy (non-hydrogen) atoms. The fraction of sp³-hybridized carbons (Fsp3) is 0.0286. The summed E-state index contributed by atoms with van der Waals surface area (Å²) in [6, 6.07) is 34.2. The lowest BCUT2D eigenvalue weighted by molar-refractivity contribution is 1.38. The maximum Gasteiger partial charge on any atom is 0.0991 e. The average molecular weight is 469 g/mol. The molecule has 0 atom stereocenters. The predicted octanol–water partition coefficient (Wildman–Crippen LogP) is 8.97. The maximum absolute atomic E-state index is 9.51. The van der Waals surface area contributed by atoms with Gasteiger partial charge in [0.25, 0.3) is 0 Å². The normalized spacial score (nSPS) is 13.5. The number of rotatable bonds is 2. The Hall–Kier alpha value is -5.18. The Balaban J connectivity index is 1.66. The second-order valence-corrected chi connectivity index (χ2v) is 9.44. The molecule has 7 rings (SSSR count). The highest BCUT2D eigenvalue weighted by Gasteiger charge is 2.30. The van der Waals surface area contributed by atoms with Gasteiger partial charge in [-0.1, -0.05) is 91.0 Å². The largest absolute Gasteiger partial charge is 0.192 e. The maximum atomic E-state index is 9.51. The minimum absolute atomic E-state index is 0.654. The van der Waals surface area contributed by atoms with Gasteiger partial charge in [-0.05, 0) is 90.7 Å². The molecule has 0 bridgehead atoms. The van der Waals surface area contributed by atoms with Crippen molar-refractivity contribution in [1.29, 1.82) is 10.5 Å². The highest BCUT2D eigenvalue weighted by molar-refractivity contribution is 6.26. The summed E-state index contributed by atoms with van der Waals surface area (Å²) in [7, 11) is 0. The van der Waals surface area contributed by atoms with E-state index >= 15 is 0 Å². The third-order valence-electron chi connectivity index (χ3n) is 7.50. The first-order valence-corrected chi connectivity index (χ1v) is 12.4. The molecule has 0 saturated carbocycles. The van der Waals surface area contributed by atoms with Crippen LogP contribution in [0, 0.1) is 22.7 Å². The van der Waals surface area contributed by atoms with Crippen LogP contribution >= 0.6 is 0 Å². The van der Waals surface area contributed by atoms with E-state index < -0.39 is 0 Å². The lowest BCUT2D eigenvalue weighted by atomic mass is 9.82. The van der Waals surface area contributed by atoms with Crippen molar-refractivity contribution in [1.82, 2.24) is 0 Å². The van der Waals surface area contributed by atoms with Crippen molar-refractivity contribution in [2.75, 3.05) is 0 Å². The smallest absolute Gasteiger partial charge is 0.0991 e. The summed E-state index contributed by atoms with van der Waals surface area (Å²) in [6.07, 6.45) is 8.94. The molecule has 2 heteroatoms. The Labute approximate surface area is 215 Å². The van der Waals surface area contributed by atoms with Crippen molar-refractivity contribution in [3.8, 4) is 45.5 Å². The van der Waals surface area contributed by atoms with Crippen LogP contribution < -0.4 is 0 Å². The molecule has 0 fully saturated rings. The molecule has 0 N–H and O–H groups in total. The van der Waals surface area contributed by atoms with Crippen LogP contribution in [0.5, 0.6) is 0 Å². The van der Waals surface area contributed by atoms with Crippen molar-refractivity contribution in [2.24, 2.45) is 0 Å². The molecule has 0 spiro atoms. The number of allylic oxidation sites excluding steroid dienone is 6. The second kappa shape index (κ2) is 8.20. The Morgan fingerprint density at radius 2 is 1.24 bits per heavy atom. The van der Waals surface area contributed by atoms with Gasteiger partial charge in [0.15, 0.2) is 0 Å². The monoisotopic (exact) mass is 468 g/mol. The van der Waals surface area contributed by atoms with Gasteiger partial charge in [-0.25, -0.2) is 0 Å². The number of hydrogen-bond acceptors (Lipinski definition) is 2. The molecule has 0 heterocycles. The molecule has 0 amide bonds. The lowest BCUT2D eigenvalue weighted by Crippen LogP contribution is -1.96. The Morgan fingerprint density at radius 3 is 1.92 bits per heavy atom. The standard InChI is InChI=1S/C35H20N2/c36-20-22-6-3-7-25(17-14-22)32-27-10-1-2-11-28(27)33(26-18-15-23(21-37)16-19-26)35-30-13-5-9-24-8-4-12-29(31(24)30)34(32)35/h1-2,4-19H,3H2. The molecule has 2 nitrogen and oxygen atoms in total. The van der Waals surface area contributed by atoms with Crippen LogP contribution in [0.2, 0.25) is 0 Å². The van der Waals surface area contributed by atoms with Crippen LogP contribution in [0.15, 0.2) is 115 Å². The zero-order chi connectivity index (χ0) is 24.9. The van der Waals surface area contributed by atoms with Crippen LogP contribution in [0.1, 0.15) is 17.5 Å². The summed E-state index contributed by atoms with van der Waals surface area (Å²) in [5.41, 5.74) is 10.9. The van der Waals surface area contributed by atoms with Crippen molar-refractivity contribution in [3.63, 3.8) is 0 Å². The third-order valence-corrected chi connectivity index (χ3v) is 7.50. The van der Waals surface area contributed by atoms with E-state index in [9.17, 15) is 10.5 Å². The van der Waals surface area contributed by atoms with E-state index in [1.807, 2.05) is 24.3 Å². The molecule has 2 aliphatic rings. The third kappa shape index (κ3) is 3.10. The van der Waals surface area contributed by atoms with Crippen molar-refractivity contribution in [3.05, 3.63) is 126 Å². The van der Waals surface area contributed by atoms with Gasteiger partial charge in [0.05, 0.1) is 17.7 Å². The number of benzene rings is 5. The van der Waals surface area contributed by atoms with Crippen molar-refractivity contribution in [2.45, 2.75) is 6.42 Å². The van der Waals surface area contributed by atoms with E-state index in [1.54, 1.807) is 0 Å². The Kier molecular flexibility index (Phi) is 4.68. The van der Waals surface area contributed by atoms with E-state index in [4.69, 9.17) is 0 Å². The molecule has 0 aliphatic heterocycles. The van der Waals surface area contributed by atoms with Crippen LogP contribution in [-0.4, -0.2) is 0 Å². The van der Waals surface area contributed by atoms with Gasteiger partial charge in [-0.2, -0.15) is 10.5 Å². The fourth-order valence-electron chi connectivity index (χ4n) is 5.94. The van der Waals surface area contributed by atoms with E-state index in [-0.39, 0.29) is 0 Å². The summed E-state index contributed by atoms with van der Waals surface area (Å²) >= 11 is 0. The molecule has 5 aromatic carbocycles. The van der Waals surface area contributed by atoms with Crippen molar-refractivity contribution < 1.29 is 0 Å². The first-order valence-electron chi connectivity index (χ1n) is 12.4. The Morgan fingerprint density at radius 1 is 0.568 bits per heavy atom.